The molecule has 0 bridgehead atoms. The molecule has 1 nitrogen and oxygen atoms in total. The smallest absolute Gasteiger partial charge is 0.192 e. The van der Waals surface area contributed by atoms with Crippen LogP contribution in [0.4, 0.5) is 0 Å². The Balaban J connectivity index is 4.68. The van der Waals surface area contributed by atoms with Gasteiger partial charge in [0.25, 0.3) is 0 Å². The average Bonchev–Trinajstić information content (AvgIpc) is 1.74. The second-order valence-electron chi connectivity index (χ2n) is 5.74. The van der Waals surface area contributed by atoms with Gasteiger partial charge in [-0.15, -0.1) is 0 Å². The Labute approximate surface area is 103 Å². The highest BCUT2D eigenvalue weighted by Gasteiger charge is 2.33. The molecule has 0 spiro atoms. The van der Waals surface area contributed by atoms with Gasteiger partial charge in [0.2, 0.25) is 0 Å². The van der Waals surface area contributed by atoms with Gasteiger partial charge in [-0.25, -0.2) is 0 Å². The van der Waals surface area contributed by atoms with Crippen LogP contribution in [0.2, 0.25) is 0 Å². The van der Waals surface area contributed by atoms with E-state index in [2.05, 4.69) is 48.5 Å². The van der Waals surface area contributed by atoms with Gasteiger partial charge >= 0.3 is 0 Å². The molecule has 0 N–H and O–H groups in total. The Morgan fingerprint density at radius 1 is 0.933 bits per heavy atom. The third-order valence-electron chi connectivity index (χ3n) is 1.32. The van der Waals surface area contributed by atoms with E-state index in [4.69, 9.17) is 0 Å². The van der Waals surface area contributed by atoms with Crippen molar-refractivity contribution in [2.75, 3.05) is 6.16 Å². The molecule has 0 atom stereocenters. The molecule has 0 aliphatic rings. The third kappa shape index (κ3) is 8.71. The van der Waals surface area contributed by atoms with Crippen molar-refractivity contribution in [2.24, 2.45) is 0 Å². The molecular formula is C11H25OPS2. The van der Waals surface area contributed by atoms with Crippen molar-refractivity contribution in [1.29, 1.82) is 0 Å². The van der Waals surface area contributed by atoms with Gasteiger partial charge in [0.05, 0.1) is 0 Å². The Bertz CT molecular complexity index is 218. The fraction of sp³-hybridized carbons (Fsp3) is 1.00. The van der Waals surface area contributed by atoms with Gasteiger partial charge in [0, 0.05) is 15.7 Å². The van der Waals surface area contributed by atoms with Crippen molar-refractivity contribution >= 4 is 28.3 Å². The molecule has 0 aliphatic heterocycles. The molecule has 0 radical (unpaired) electrons. The van der Waals surface area contributed by atoms with Crippen molar-refractivity contribution in [1.82, 2.24) is 0 Å². The lowest BCUT2D eigenvalue weighted by molar-refractivity contribution is 0.592. The zero-order chi connectivity index (χ0) is 12.3. The molecule has 0 rings (SSSR count). The highest BCUT2D eigenvalue weighted by atomic mass is 33.1. The Morgan fingerprint density at radius 3 is 1.47 bits per heavy atom. The van der Waals surface area contributed by atoms with Crippen LogP contribution in [0.3, 0.4) is 0 Å². The van der Waals surface area contributed by atoms with E-state index in [9.17, 15) is 4.57 Å². The van der Waals surface area contributed by atoms with E-state index in [0.717, 1.165) is 12.6 Å². The molecule has 0 amide bonds. The fourth-order valence-electron chi connectivity index (χ4n) is 1.22. The van der Waals surface area contributed by atoms with Crippen LogP contribution in [0.1, 0.15) is 54.9 Å². The van der Waals surface area contributed by atoms with Crippen molar-refractivity contribution in [3.8, 4) is 0 Å². The molecule has 0 aromatic heterocycles. The monoisotopic (exact) mass is 268 g/mol. The number of hydrogen-bond acceptors (Lipinski definition) is 3. The maximum atomic E-state index is 12.8. The molecule has 0 aliphatic carbocycles. The molecule has 92 valence electrons. The average molecular weight is 268 g/mol. The predicted molar refractivity (Wildman–Crippen MR) is 77.5 cm³/mol. The van der Waals surface area contributed by atoms with E-state index >= 15 is 0 Å². The molecular weight excluding hydrogens is 243 g/mol. The summed E-state index contributed by atoms with van der Waals surface area (Å²) in [6.45, 7) is 15.0. The van der Waals surface area contributed by atoms with Gasteiger partial charge in [-0.05, 0) is 6.42 Å². The first-order chi connectivity index (χ1) is 6.47. The lowest BCUT2D eigenvalue weighted by Gasteiger charge is -2.30. The summed E-state index contributed by atoms with van der Waals surface area (Å²) < 4.78 is 12.9. The summed E-state index contributed by atoms with van der Waals surface area (Å²) in [6, 6.07) is 0. The molecule has 0 saturated carbocycles. The van der Waals surface area contributed by atoms with Crippen LogP contribution in [-0.2, 0) is 4.57 Å². The Hall–Kier alpha value is 0.930. The van der Waals surface area contributed by atoms with Crippen LogP contribution in [0.5, 0.6) is 0 Å². The van der Waals surface area contributed by atoms with Crippen LogP contribution >= 0.6 is 28.3 Å². The summed E-state index contributed by atoms with van der Waals surface area (Å²) in [5, 5.41) is 0. The summed E-state index contributed by atoms with van der Waals surface area (Å²) in [5.41, 5.74) is -2.13. The maximum Gasteiger partial charge on any atom is 0.192 e. The highest BCUT2D eigenvalue weighted by molar-refractivity contribution is 8.91. The van der Waals surface area contributed by atoms with Gasteiger partial charge in [0.15, 0.2) is 5.55 Å². The Kier molecular flexibility index (Phi) is 5.85. The van der Waals surface area contributed by atoms with Gasteiger partial charge in [-0.2, -0.15) is 0 Å². The summed E-state index contributed by atoms with van der Waals surface area (Å²) in [5.74, 6) is 0. The second-order valence-corrected chi connectivity index (χ2v) is 15.6. The first-order valence-corrected chi connectivity index (χ1v) is 10.2. The normalized spacial score (nSPS) is 14.3. The Morgan fingerprint density at radius 2 is 1.27 bits per heavy atom. The van der Waals surface area contributed by atoms with E-state index in [0.29, 0.717) is 0 Å². The van der Waals surface area contributed by atoms with Gasteiger partial charge < -0.3 is 4.57 Å². The van der Waals surface area contributed by atoms with Gasteiger partial charge in [-0.3, -0.25) is 0 Å². The SMILES string of the molecule is CCCP(=O)(SC(C)(C)C)SC(C)(C)C. The van der Waals surface area contributed by atoms with E-state index in [1.807, 2.05) is 0 Å². The minimum atomic E-state index is -2.13. The third-order valence-corrected chi connectivity index (χ3v) is 11.4. The fourth-order valence-corrected chi connectivity index (χ4v) is 14.8. The maximum absolute atomic E-state index is 12.8. The zero-order valence-corrected chi connectivity index (χ0v) is 13.6. The summed E-state index contributed by atoms with van der Waals surface area (Å²) in [6.07, 6.45) is 1.85. The van der Waals surface area contributed by atoms with Crippen LogP contribution in [0.15, 0.2) is 0 Å². The molecule has 0 saturated heterocycles. The van der Waals surface area contributed by atoms with Crippen LogP contribution < -0.4 is 0 Å². The van der Waals surface area contributed by atoms with E-state index < -0.39 is 5.55 Å². The minimum Gasteiger partial charge on any atom is -0.300 e. The molecule has 0 aromatic rings. The summed E-state index contributed by atoms with van der Waals surface area (Å²) >= 11 is 3.35. The lowest BCUT2D eigenvalue weighted by atomic mass is 10.3. The standard InChI is InChI=1S/C11H25OPS2/c1-8-9-13(12,14-10(2,3)4)15-11(5,6)7/h8-9H2,1-7H3. The van der Waals surface area contributed by atoms with Crippen LogP contribution in [0.25, 0.3) is 0 Å². The van der Waals surface area contributed by atoms with E-state index in [1.54, 1.807) is 22.8 Å². The second kappa shape index (κ2) is 5.51. The number of hydrogen-bond donors (Lipinski definition) is 0. The first-order valence-electron chi connectivity index (χ1n) is 5.48. The molecule has 0 aromatic carbocycles. The summed E-state index contributed by atoms with van der Waals surface area (Å²) in [4.78, 5) is 0. The molecule has 0 unspecified atom stereocenters. The number of rotatable bonds is 4. The van der Waals surface area contributed by atoms with E-state index in [1.165, 1.54) is 0 Å². The van der Waals surface area contributed by atoms with Gasteiger partial charge in [-0.1, -0.05) is 71.2 Å². The summed E-state index contributed by atoms with van der Waals surface area (Å²) in [7, 11) is 0. The van der Waals surface area contributed by atoms with E-state index in [-0.39, 0.29) is 9.49 Å². The molecule has 0 heterocycles. The predicted octanol–water partition coefficient (Wildman–Crippen LogP) is 5.65. The lowest BCUT2D eigenvalue weighted by Crippen LogP contribution is -2.11. The quantitative estimate of drug-likeness (QED) is 0.613. The van der Waals surface area contributed by atoms with Crippen LogP contribution in [0, 0.1) is 0 Å². The molecule has 15 heavy (non-hydrogen) atoms. The van der Waals surface area contributed by atoms with Crippen molar-refractivity contribution in [2.45, 2.75) is 64.4 Å². The van der Waals surface area contributed by atoms with Crippen LogP contribution in [-0.4, -0.2) is 15.7 Å². The highest BCUT2D eigenvalue weighted by Crippen LogP contribution is 2.75. The topological polar surface area (TPSA) is 17.1 Å². The minimum absolute atomic E-state index is 0.0863. The first kappa shape index (κ1) is 15.9. The largest absolute Gasteiger partial charge is 0.300 e. The van der Waals surface area contributed by atoms with Gasteiger partial charge in [0.1, 0.15) is 0 Å². The molecule has 0 fully saturated rings. The zero-order valence-electron chi connectivity index (χ0n) is 11.1. The van der Waals surface area contributed by atoms with Crippen molar-refractivity contribution in [3.05, 3.63) is 0 Å². The van der Waals surface area contributed by atoms with Crippen molar-refractivity contribution in [3.63, 3.8) is 0 Å². The van der Waals surface area contributed by atoms with Crippen molar-refractivity contribution < 1.29 is 4.57 Å². The molecule has 4 heteroatoms.